The number of hydrogen-bond acceptors (Lipinski definition) is 4. The van der Waals surface area contributed by atoms with Gasteiger partial charge in [-0.05, 0) is 30.3 Å². The van der Waals surface area contributed by atoms with Crippen molar-refractivity contribution in [1.29, 1.82) is 0 Å². The normalized spacial score (nSPS) is 11.9. The summed E-state index contributed by atoms with van der Waals surface area (Å²) < 4.78 is 10.5. The molecule has 0 fully saturated rings. The number of anilines is 2. The maximum absolute atomic E-state index is 12.2. The second kappa shape index (κ2) is 7.44. The zero-order chi connectivity index (χ0) is 17.8. The minimum Gasteiger partial charge on any atom is -0.454 e. The van der Waals surface area contributed by atoms with Gasteiger partial charge < -0.3 is 19.7 Å². The lowest BCUT2D eigenvalue weighted by Gasteiger charge is -2.21. The van der Waals surface area contributed by atoms with E-state index in [0.29, 0.717) is 27.9 Å². The maximum atomic E-state index is 12.2. The Morgan fingerprint density at radius 2 is 1.96 bits per heavy atom. The molecule has 2 aromatic rings. The van der Waals surface area contributed by atoms with E-state index in [9.17, 15) is 9.59 Å². The summed E-state index contributed by atoms with van der Waals surface area (Å²) in [6.07, 6.45) is 0.153. The molecule has 0 bridgehead atoms. The molecular formula is C18H17ClN2O4. The molecule has 6 nitrogen and oxygen atoms in total. The van der Waals surface area contributed by atoms with Gasteiger partial charge in [0.15, 0.2) is 11.5 Å². The van der Waals surface area contributed by atoms with Crippen LogP contribution in [0.25, 0.3) is 0 Å². The number of benzene rings is 2. The predicted molar refractivity (Wildman–Crippen MR) is 95.3 cm³/mol. The smallest absolute Gasteiger partial charge is 0.231 e. The Hall–Kier alpha value is -2.73. The zero-order valence-electron chi connectivity index (χ0n) is 13.6. The van der Waals surface area contributed by atoms with Crippen LogP contribution in [0, 0.1) is 0 Å². The van der Waals surface area contributed by atoms with Gasteiger partial charge in [0.25, 0.3) is 0 Å². The number of carbonyl (C=O) groups is 2. The van der Waals surface area contributed by atoms with Crippen molar-refractivity contribution in [1.82, 2.24) is 0 Å². The van der Waals surface area contributed by atoms with Crippen LogP contribution in [0.5, 0.6) is 11.5 Å². The molecule has 0 aromatic heterocycles. The summed E-state index contributed by atoms with van der Waals surface area (Å²) in [7, 11) is 0. The number of nitrogens with one attached hydrogen (secondary N) is 1. The van der Waals surface area contributed by atoms with Gasteiger partial charge in [0, 0.05) is 42.4 Å². The van der Waals surface area contributed by atoms with Gasteiger partial charge in [-0.25, -0.2) is 0 Å². The molecule has 0 aliphatic carbocycles. The highest BCUT2D eigenvalue weighted by Gasteiger charge is 2.16. The molecule has 7 heteroatoms. The van der Waals surface area contributed by atoms with E-state index in [1.54, 1.807) is 42.5 Å². The first-order chi connectivity index (χ1) is 12.0. The zero-order valence-corrected chi connectivity index (χ0v) is 14.4. The van der Waals surface area contributed by atoms with Gasteiger partial charge in [-0.3, -0.25) is 9.59 Å². The fourth-order valence-electron chi connectivity index (χ4n) is 2.52. The van der Waals surface area contributed by atoms with Crippen LogP contribution in [0.3, 0.4) is 0 Å². The van der Waals surface area contributed by atoms with Gasteiger partial charge in [-0.2, -0.15) is 0 Å². The van der Waals surface area contributed by atoms with Crippen molar-refractivity contribution >= 4 is 34.8 Å². The van der Waals surface area contributed by atoms with E-state index in [1.807, 2.05) is 0 Å². The van der Waals surface area contributed by atoms with Gasteiger partial charge >= 0.3 is 0 Å². The summed E-state index contributed by atoms with van der Waals surface area (Å²) in [5, 5.41) is 3.33. The highest BCUT2D eigenvalue weighted by atomic mass is 35.5. The summed E-state index contributed by atoms with van der Waals surface area (Å²) in [6, 6.07) is 12.2. The number of amides is 2. The van der Waals surface area contributed by atoms with E-state index in [0.717, 1.165) is 0 Å². The third-order valence-electron chi connectivity index (χ3n) is 3.72. The Morgan fingerprint density at radius 1 is 1.16 bits per heavy atom. The SMILES string of the molecule is CC(=O)N(CCC(=O)Nc1ccc2c(c1)OCO2)c1cccc(Cl)c1. The van der Waals surface area contributed by atoms with E-state index in [4.69, 9.17) is 21.1 Å². The van der Waals surface area contributed by atoms with Crippen molar-refractivity contribution in [3.8, 4) is 11.5 Å². The van der Waals surface area contributed by atoms with Crippen molar-refractivity contribution in [2.24, 2.45) is 0 Å². The molecule has 0 spiro atoms. The molecule has 0 saturated carbocycles. The molecule has 2 amide bonds. The standard InChI is InChI=1S/C18H17ClN2O4/c1-12(22)21(15-4-2-3-13(19)9-15)8-7-18(23)20-14-5-6-16-17(10-14)25-11-24-16/h2-6,9-10H,7-8,11H2,1H3,(H,20,23). The molecule has 130 valence electrons. The first kappa shape index (κ1) is 17.1. The molecule has 1 N–H and O–H groups in total. The van der Waals surface area contributed by atoms with Gasteiger partial charge in [-0.15, -0.1) is 0 Å². The van der Waals surface area contributed by atoms with Gasteiger partial charge in [0.1, 0.15) is 0 Å². The molecule has 1 aliphatic rings. The van der Waals surface area contributed by atoms with E-state index in [-0.39, 0.29) is 31.6 Å². The predicted octanol–water partition coefficient (Wildman–Crippen LogP) is 3.45. The lowest BCUT2D eigenvalue weighted by molar-refractivity contribution is -0.117. The highest BCUT2D eigenvalue weighted by Crippen LogP contribution is 2.34. The average molecular weight is 361 g/mol. The van der Waals surface area contributed by atoms with E-state index >= 15 is 0 Å². The first-order valence-electron chi connectivity index (χ1n) is 7.76. The molecule has 1 aliphatic heterocycles. The summed E-state index contributed by atoms with van der Waals surface area (Å²) in [5.41, 5.74) is 1.28. The Labute approximate surface area is 150 Å². The third kappa shape index (κ3) is 4.22. The van der Waals surface area contributed by atoms with Crippen LogP contribution in [0.1, 0.15) is 13.3 Å². The van der Waals surface area contributed by atoms with Crippen LogP contribution in [0.4, 0.5) is 11.4 Å². The number of fused-ring (bicyclic) bond motifs is 1. The van der Waals surface area contributed by atoms with Crippen LogP contribution in [-0.4, -0.2) is 25.2 Å². The highest BCUT2D eigenvalue weighted by molar-refractivity contribution is 6.30. The van der Waals surface area contributed by atoms with E-state index in [2.05, 4.69) is 5.32 Å². The second-order valence-electron chi connectivity index (χ2n) is 5.52. The first-order valence-corrected chi connectivity index (χ1v) is 8.14. The van der Waals surface area contributed by atoms with Crippen molar-refractivity contribution in [3.05, 3.63) is 47.5 Å². The maximum Gasteiger partial charge on any atom is 0.231 e. The number of halogens is 1. The van der Waals surface area contributed by atoms with Gasteiger partial charge in [-0.1, -0.05) is 17.7 Å². The van der Waals surface area contributed by atoms with Crippen molar-refractivity contribution in [3.63, 3.8) is 0 Å². The number of carbonyl (C=O) groups excluding carboxylic acids is 2. The fourth-order valence-corrected chi connectivity index (χ4v) is 2.71. The minimum atomic E-state index is -0.202. The Kier molecular flexibility index (Phi) is 5.09. The monoisotopic (exact) mass is 360 g/mol. The Morgan fingerprint density at radius 3 is 2.72 bits per heavy atom. The van der Waals surface area contributed by atoms with Crippen LogP contribution < -0.4 is 19.7 Å². The van der Waals surface area contributed by atoms with Crippen LogP contribution >= 0.6 is 11.6 Å². The van der Waals surface area contributed by atoms with Gasteiger partial charge in [0.05, 0.1) is 0 Å². The lowest BCUT2D eigenvalue weighted by atomic mass is 10.2. The summed E-state index contributed by atoms with van der Waals surface area (Å²) in [6.45, 7) is 1.89. The molecule has 0 radical (unpaired) electrons. The van der Waals surface area contributed by atoms with Gasteiger partial charge in [0.2, 0.25) is 18.6 Å². The van der Waals surface area contributed by atoms with Crippen molar-refractivity contribution in [2.75, 3.05) is 23.6 Å². The summed E-state index contributed by atoms with van der Waals surface area (Å²) >= 11 is 5.97. The van der Waals surface area contributed by atoms with E-state index < -0.39 is 0 Å². The molecule has 3 rings (SSSR count). The van der Waals surface area contributed by atoms with Crippen LogP contribution in [0.2, 0.25) is 5.02 Å². The molecule has 0 unspecified atom stereocenters. The average Bonchev–Trinajstić information content (AvgIpc) is 3.02. The molecule has 1 heterocycles. The quantitative estimate of drug-likeness (QED) is 0.886. The Bertz CT molecular complexity index is 809. The van der Waals surface area contributed by atoms with Crippen LogP contribution in [0.15, 0.2) is 42.5 Å². The molecule has 25 heavy (non-hydrogen) atoms. The summed E-state index contributed by atoms with van der Waals surface area (Å²) in [4.78, 5) is 25.6. The number of rotatable bonds is 5. The Balaban J connectivity index is 1.61. The largest absolute Gasteiger partial charge is 0.454 e. The number of nitrogens with zero attached hydrogens (tertiary/aromatic N) is 1. The van der Waals surface area contributed by atoms with Crippen molar-refractivity contribution in [2.45, 2.75) is 13.3 Å². The molecular weight excluding hydrogens is 344 g/mol. The minimum absolute atomic E-state index is 0.153. The molecule has 0 atom stereocenters. The second-order valence-corrected chi connectivity index (χ2v) is 5.95. The lowest BCUT2D eigenvalue weighted by Crippen LogP contribution is -2.31. The molecule has 2 aromatic carbocycles. The van der Waals surface area contributed by atoms with Crippen molar-refractivity contribution < 1.29 is 19.1 Å². The fraction of sp³-hybridized carbons (Fsp3) is 0.222. The third-order valence-corrected chi connectivity index (χ3v) is 3.95. The van der Waals surface area contributed by atoms with Crippen LogP contribution in [-0.2, 0) is 9.59 Å². The number of ether oxygens (including phenoxy) is 2. The molecule has 0 saturated heterocycles. The van der Waals surface area contributed by atoms with E-state index in [1.165, 1.54) is 11.8 Å². The number of hydrogen-bond donors (Lipinski definition) is 1. The summed E-state index contributed by atoms with van der Waals surface area (Å²) in [5.74, 6) is 0.897. The topological polar surface area (TPSA) is 67.9 Å².